The lowest BCUT2D eigenvalue weighted by atomic mass is 9.94. The highest BCUT2D eigenvalue weighted by Crippen LogP contribution is 2.30. The van der Waals surface area contributed by atoms with Gasteiger partial charge in [-0.15, -0.1) is 0 Å². The molecule has 20 heavy (non-hydrogen) atoms. The summed E-state index contributed by atoms with van der Waals surface area (Å²) in [5, 5.41) is 0. The number of benzene rings is 1. The van der Waals surface area contributed by atoms with E-state index in [1.165, 1.54) is 13.2 Å². The smallest absolute Gasteiger partial charge is 0.150 e. The molecule has 3 N–H and O–H groups in total. The maximum absolute atomic E-state index is 14.0. The van der Waals surface area contributed by atoms with Gasteiger partial charge in [0, 0.05) is 17.7 Å². The van der Waals surface area contributed by atoms with Crippen molar-refractivity contribution in [3.05, 3.63) is 29.6 Å². The van der Waals surface area contributed by atoms with Gasteiger partial charge in [-0.25, -0.2) is 12.8 Å². The summed E-state index contributed by atoms with van der Waals surface area (Å²) in [6, 6.07) is 4.17. The number of nitrogens with two attached hydrogens (primary N) is 1. The van der Waals surface area contributed by atoms with Crippen LogP contribution >= 0.6 is 0 Å². The van der Waals surface area contributed by atoms with E-state index in [2.05, 4.69) is 5.43 Å². The minimum absolute atomic E-state index is 0.0163. The molecule has 0 amide bonds. The number of hydrogen-bond donors (Lipinski definition) is 2. The first-order valence-corrected chi connectivity index (χ1v) is 8.27. The highest BCUT2D eigenvalue weighted by molar-refractivity contribution is 7.91. The summed E-state index contributed by atoms with van der Waals surface area (Å²) in [5.41, 5.74) is 3.00. The maximum atomic E-state index is 14.0. The second-order valence-electron chi connectivity index (χ2n) is 5.11. The van der Waals surface area contributed by atoms with Gasteiger partial charge >= 0.3 is 0 Å². The molecular formula is C13H19FN2O3S. The number of nitrogens with one attached hydrogen (secondary N) is 1. The molecule has 2 rings (SSSR count). The van der Waals surface area contributed by atoms with Crippen molar-refractivity contribution in [3.8, 4) is 5.75 Å². The largest absolute Gasteiger partial charge is 0.497 e. The van der Waals surface area contributed by atoms with Crippen LogP contribution in [0.3, 0.4) is 0 Å². The molecule has 1 aliphatic heterocycles. The molecule has 0 aromatic heterocycles. The number of methoxy groups -OCH3 is 1. The van der Waals surface area contributed by atoms with Crippen LogP contribution in [0.1, 0.15) is 24.4 Å². The van der Waals surface area contributed by atoms with Crippen LogP contribution in [0.15, 0.2) is 18.2 Å². The third-order valence-corrected chi connectivity index (χ3v) is 5.52. The summed E-state index contributed by atoms with van der Waals surface area (Å²) in [4.78, 5) is 0. The van der Waals surface area contributed by atoms with Gasteiger partial charge < -0.3 is 4.74 Å². The topological polar surface area (TPSA) is 81.4 Å². The number of sulfone groups is 1. The first kappa shape index (κ1) is 15.2. The van der Waals surface area contributed by atoms with Crippen LogP contribution in [0.5, 0.6) is 5.75 Å². The summed E-state index contributed by atoms with van der Waals surface area (Å²) in [5.74, 6) is 5.90. The lowest BCUT2D eigenvalue weighted by Gasteiger charge is -2.20. The lowest BCUT2D eigenvalue weighted by Crippen LogP contribution is -2.30. The van der Waals surface area contributed by atoms with Crippen molar-refractivity contribution >= 4 is 9.84 Å². The molecule has 0 radical (unpaired) electrons. The second kappa shape index (κ2) is 6.07. The van der Waals surface area contributed by atoms with E-state index in [0.29, 0.717) is 24.2 Å². The molecule has 2 unspecified atom stereocenters. The third-order valence-electron chi connectivity index (χ3n) is 3.68. The number of ether oxygens (including phenoxy) is 1. The van der Waals surface area contributed by atoms with Crippen LogP contribution in [-0.2, 0) is 9.84 Å². The molecule has 5 nitrogen and oxygen atoms in total. The van der Waals surface area contributed by atoms with E-state index in [1.54, 1.807) is 12.1 Å². The van der Waals surface area contributed by atoms with Crippen LogP contribution in [0.25, 0.3) is 0 Å². The Bertz CT molecular complexity index is 577. The Morgan fingerprint density at radius 1 is 1.55 bits per heavy atom. The number of halogens is 1. The van der Waals surface area contributed by atoms with Crippen molar-refractivity contribution in [1.29, 1.82) is 0 Å². The van der Waals surface area contributed by atoms with Gasteiger partial charge in [0.25, 0.3) is 0 Å². The predicted molar refractivity (Wildman–Crippen MR) is 74.4 cm³/mol. The van der Waals surface area contributed by atoms with Crippen molar-refractivity contribution in [2.24, 2.45) is 11.8 Å². The Morgan fingerprint density at radius 3 is 2.80 bits per heavy atom. The van der Waals surface area contributed by atoms with E-state index in [-0.39, 0.29) is 17.4 Å². The Hall–Kier alpha value is -1.18. The molecule has 1 aromatic carbocycles. The first-order chi connectivity index (χ1) is 9.45. The van der Waals surface area contributed by atoms with Gasteiger partial charge in [-0.3, -0.25) is 11.3 Å². The molecule has 0 aliphatic carbocycles. The first-order valence-electron chi connectivity index (χ1n) is 6.45. The minimum atomic E-state index is -2.93. The average molecular weight is 302 g/mol. The molecule has 1 aromatic rings. The van der Waals surface area contributed by atoms with Gasteiger partial charge in [-0.1, -0.05) is 6.07 Å². The van der Waals surface area contributed by atoms with Crippen molar-refractivity contribution in [2.45, 2.75) is 18.9 Å². The molecule has 1 fully saturated rings. The zero-order chi connectivity index (χ0) is 14.8. The van der Waals surface area contributed by atoms with Crippen molar-refractivity contribution in [3.63, 3.8) is 0 Å². The lowest BCUT2D eigenvalue weighted by molar-refractivity contribution is 0.397. The van der Waals surface area contributed by atoms with E-state index < -0.39 is 21.7 Å². The molecule has 112 valence electrons. The summed E-state index contributed by atoms with van der Waals surface area (Å²) < 4.78 is 41.9. The molecule has 1 heterocycles. The molecule has 0 spiro atoms. The average Bonchev–Trinajstić information content (AvgIpc) is 2.75. The van der Waals surface area contributed by atoms with E-state index in [0.717, 1.165) is 0 Å². The quantitative estimate of drug-likeness (QED) is 0.630. The van der Waals surface area contributed by atoms with E-state index in [1.807, 2.05) is 0 Å². The van der Waals surface area contributed by atoms with Crippen molar-refractivity contribution in [1.82, 2.24) is 5.43 Å². The zero-order valence-electron chi connectivity index (χ0n) is 11.3. The zero-order valence-corrected chi connectivity index (χ0v) is 12.1. The summed E-state index contributed by atoms with van der Waals surface area (Å²) in [6.07, 6.45) is 1.11. The fourth-order valence-electron chi connectivity index (χ4n) is 2.59. The van der Waals surface area contributed by atoms with E-state index in [9.17, 15) is 12.8 Å². The monoisotopic (exact) mass is 302 g/mol. The molecule has 1 saturated heterocycles. The fraction of sp³-hybridized carbons (Fsp3) is 0.538. The van der Waals surface area contributed by atoms with Crippen molar-refractivity contribution < 1.29 is 17.5 Å². The molecule has 7 heteroatoms. The van der Waals surface area contributed by atoms with Gasteiger partial charge in [0.05, 0.1) is 18.6 Å². The number of rotatable bonds is 5. The van der Waals surface area contributed by atoms with Crippen LogP contribution in [0.4, 0.5) is 4.39 Å². The summed E-state index contributed by atoms with van der Waals surface area (Å²) in [7, 11) is -1.47. The Kier molecular flexibility index (Phi) is 4.62. The molecule has 0 bridgehead atoms. The summed E-state index contributed by atoms with van der Waals surface area (Å²) >= 11 is 0. The molecule has 0 saturated carbocycles. The number of hydrogen-bond acceptors (Lipinski definition) is 5. The Morgan fingerprint density at radius 2 is 2.30 bits per heavy atom. The second-order valence-corrected chi connectivity index (χ2v) is 7.34. The van der Waals surface area contributed by atoms with Crippen LogP contribution in [0.2, 0.25) is 0 Å². The maximum Gasteiger partial charge on any atom is 0.150 e. The van der Waals surface area contributed by atoms with Gasteiger partial charge in [-0.2, -0.15) is 0 Å². The van der Waals surface area contributed by atoms with Gasteiger partial charge in [0.2, 0.25) is 0 Å². The Balaban J connectivity index is 2.12. The van der Waals surface area contributed by atoms with Gasteiger partial charge in [0.1, 0.15) is 11.6 Å². The highest BCUT2D eigenvalue weighted by Gasteiger charge is 2.30. The molecular weight excluding hydrogens is 283 g/mol. The molecule has 1 aliphatic rings. The number of hydrazine groups is 1. The highest BCUT2D eigenvalue weighted by atomic mass is 32.2. The predicted octanol–water partition coefficient (Wildman–Crippen LogP) is 1.16. The molecule has 2 atom stereocenters. The van der Waals surface area contributed by atoms with Crippen molar-refractivity contribution in [2.75, 3.05) is 18.6 Å². The van der Waals surface area contributed by atoms with E-state index >= 15 is 0 Å². The van der Waals surface area contributed by atoms with Gasteiger partial charge in [-0.05, 0) is 24.8 Å². The third kappa shape index (κ3) is 3.47. The van der Waals surface area contributed by atoms with Crippen LogP contribution in [0, 0.1) is 11.7 Å². The van der Waals surface area contributed by atoms with Gasteiger partial charge in [0.15, 0.2) is 9.84 Å². The van der Waals surface area contributed by atoms with Crippen LogP contribution < -0.4 is 16.0 Å². The Labute approximate surface area is 118 Å². The SMILES string of the molecule is COc1ccc(C(CC2CCS(=O)(=O)C2)NN)c(F)c1. The van der Waals surface area contributed by atoms with Crippen LogP contribution in [-0.4, -0.2) is 27.0 Å². The standard InChI is InChI=1S/C13H19FN2O3S/c1-19-10-2-3-11(12(14)7-10)13(16-15)6-9-4-5-20(17,18)8-9/h2-3,7,9,13,16H,4-6,8,15H2,1H3. The van der Waals surface area contributed by atoms with E-state index in [4.69, 9.17) is 10.6 Å². The minimum Gasteiger partial charge on any atom is -0.497 e. The fourth-order valence-corrected chi connectivity index (χ4v) is 4.47. The normalized spacial score (nSPS) is 22.6. The summed E-state index contributed by atoms with van der Waals surface area (Å²) in [6.45, 7) is 0.